The number of methoxy groups -OCH3 is 1. The van der Waals surface area contributed by atoms with E-state index in [0.717, 1.165) is 7.11 Å². The van der Waals surface area contributed by atoms with Crippen LogP contribution in [0.15, 0.2) is 30.3 Å². The lowest BCUT2D eigenvalue weighted by Crippen LogP contribution is -2.36. The van der Waals surface area contributed by atoms with E-state index in [-0.39, 0.29) is 6.42 Å². The van der Waals surface area contributed by atoms with Crippen LogP contribution in [-0.2, 0) is 19.1 Å². The minimum atomic E-state index is -0.938. The highest BCUT2D eigenvalue weighted by atomic mass is 16.6. The molecule has 0 spiro atoms. The molecule has 6 nitrogen and oxygen atoms in total. The molecule has 0 unspecified atom stereocenters. The van der Waals surface area contributed by atoms with Crippen LogP contribution in [0.2, 0.25) is 0 Å². The third kappa shape index (κ3) is 5.95. The van der Waals surface area contributed by atoms with Crippen molar-refractivity contribution in [3.8, 4) is 0 Å². The number of amides is 1. The van der Waals surface area contributed by atoms with Gasteiger partial charge in [0.15, 0.2) is 0 Å². The molecule has 1 N–H and O–H groups in total. The summed E-state index contributed by atoms with van der Waals surface area (Å²) in [6, 6.07) is 8.22. The molecular weight excluding hydrogens is 286 g/mol. The van der Waals surface area contributed by atoms with Crippen molar-refractivity contribution < 1.29 is 23.9 Å². The third-order valence-corrected chi connectivity index (χ3v) is 2.70. The summed E-state index contributed by atoms with van der Waals surface area (Å²) >= 11 is 0. The van der Waals surface area contributed by atoms with Crippen molar-refractivity contribution in [2.75, 3.05) is 7.11 Å². The molecule has 0 aliphatic rings. The van der Waals surface area contributed by atoms with Crippen LogP contribution in [0.5, 0.6) is 0 Å². The first-order valence-electron chi connectivity index (χ1n) is 6.88. The number of benzene rings is 1. The van der Waals surface area contributed by atoms with Gasteiger partial charge in [0.1, 0.15) is 5.60 Å². The fourth-order valence-electron chi connectivity index (χ4n) is 1.77. The van der Waals surface area contributed by atoms with Gasteiger partial charge in [0.2, 0.25) is 5.78 Å². The van der Waals surface area contributed by atoms with E-state index in [4.69, 9.17) is 4.74 Å². The van der Waals surface area contributed by atoms with E-state index in [1.807, 2.05) is 6.07 Å². The van der Waals surface area contributed by atoms with Gasteiger partial charge in [-0.2, -0.15) is 0 Å². The maximum atomic E-state index is 11.9. The number of carbonyl (C=O) groups excluding carboxylic acids is 3. The minimum absolute atomic E-state index is 0.198. The van der Waals surface area contributed by atoms with Gasteiger partial charge in [-0.1, -0.05) is 30.3 Å². The summed E-state index contributed by atoms with van der Waals surface area (Å²) < 4.78 is 9.58. The van der Waals surface area contributed by atoms with E-state index in [2.05, 4.69) is 10.1 Å². The highest BCUT2D eigenvalue weighted by molar-refractivity contribution is 6.33. The Bertz CT molecular complexity index is 533. The van der Waals surface area contributed by atoms with E-state index in [9.17, 15) is 14.4 Å². The standard InChI is InChI=1S/C16H21NO5/c1-16(2,3)22-15(20)17-12(10-13(18)14(19)21-4)11-8-6-5-7-9-11/h5-9,12H,10H2,1-4H3,(H,17,20)/t12-/m1/s1. The van der Waals surface area contributed by atoms with E-state index in [1.54, 1.807) is 45.0 Å². The van der Waals surface area contributed by atoms with Crippen LogP contribution in [0.25, 0.3) is 0 Å². The summed E-state index contributed by atoms with van der Waals surface area (Å²) in [7, 11) is 1.14. The summed E-state index contributed by atoms with van der Waals surface area (Å²) in [4.78, 5) is 34.9. The van der Waals surface area contributed by atoms with Crippen LogP contribution in [0.4, 0.5) is 4.79 Å². The van der Waals surface area contributed by atoms with Crippen LogP contribution in [-0.4, -0.2) is 30.6 Å². The first kappa shape index (κ1) is 17.7. The van der Waals surface area contributed by atoms with Crippen LogP contribution in [0, 0.1) is 0 Å². The van der Waals surface area contributed by atoms with Crippen molar-refractivity contribution in [3.63, 3.8) is 0 Å². The molecule has 0 aromatic heterocycles. The van der Waals surface area contributed by atoms with E-state index in [0.29, 0.717) is 5.56 Å². The quantitative estimate of drug-likeness (QED) is 0.667. The number of carbonyl (C=O) groups is 3. The largest absolute Gasteiger partial charge is 0.463 e. The molecule has 0 aliphatic heterocycles. The number of esters is 1. The molecule has 1 aromatic rings. The third-order valence-electron chi connectivity index (χ3n) is 2.70. The molecule has 0 heterocycles. The molecule has 1 atom stereocenters. The maximum absolute atomic E-state index is 11.9. The molecule has 0 saturated carbocycles. The Morgan fingerprint density at radius 2 is 1.73 bits per heavy atom. The average molecular weight is 307 g/mol. The van der Waals surface area contributed by atoms with Gasteiger partial charge in [0.25, 0.3) is 0 Å². The molecule has 0 radical (unpaired) electrons. The van der Waals surface area contributed by atoms with Gasteiger partial charge in [0, 0.05) is 6.42 Å². The highest BCUT2D eigenvalue weighted by Gasteiger charge is 2.25. The highest BCUT2D eigenvalue weighted by Crippen LogP contribution is 2.18. The number of rotatable bonds is 5. The van der Waals surface area contributed by atoms with Gasteiger partial charge in [-0.3, -0.25) is 4.79 Å². The molecule has 120 valence electrons. The maximum Gasteiger partial charge on any atom is 0.408 e. The topological polar surface area (TPSA) is 81.7 Å². The molecule has 0 fully saturated rings. The number of alkyl carbamates (subject to hydrolysis) is 1. The molecule has 1 aromatic carbocycles. The smallest absolute Gasteiger partial charge is 0.408 e. The van der Waals surface area contributed by atoms with Crippen molar-refractivity contribution in [2.24, 2.45) is 0 Å². The first-order valence-corrected chi connectivity index (χ1v) is 6.88. The van der Waals surface area contributed by atoms with Gasteiger partial charge in [-0.05, 0) is 26.3 Å². The summed E-state index contributed by atoms with van der Waals surface area (Å²) in [5, 5.41) is 2.61. The van der Waals surface area contributed by atoms with E-state index < -0.39 is 29.5 Å². The van der Waals surface area contributed by atoms with E-state index >= 15 is 0 Å². The molecule has 0 aliphatic carbocycles. The minimum Gasteiger partial charge on any atom is -0.463 e. The lowest BCUT2D eigenvalue weighted by molar-refractivity contribution is -0.151. The van der Waals surface area contributed by atoms with Gasteiger partial charge in [-0.15, -0.1) is 0 Å². The summed E-state index contributed by atoms with van der Waals surface area (Å²) in [5.41, 5.74) is 0.0446. The number of ketones is 1. The van der Waals surface area contributed by atoms with Crippen LogP contribution < -0.4 is 5.32 Å². The molecule has 1 amide bonds. The molecule has 22 heavy (non-hydrogen) atoms. The fourth-order valence-corrected chi connectivity index (χ4v) is 1.77. The van der Waals surface area contributed by atoms with E-state index in [1.165, 1.54) is 0 Å². The van der Waals surface area contributed by atoms with Crippen molar-refractivity contribution in [1.29, 1.82) is 0 Å². The second kappa shape index (κ2) is 7.59. The van der Waals surface area contributed by atoms with Crippen LogP contribution in [0.3, 0.4) is 0 Å². The Balaban J connectivity index is 2.86. The Labute approximate surface area is 129 Å². The Morgan fingerprint density at radius 1 is 1.14 bits per heavy atom. The number of Topliss-reactive ketones (excluding diaryl/α,β-unsaturated/α-hetero) is 1. The molecule has 1 rings (SSSR count). The zero-order valence-corrected chi connectivity index (χ0v) is 13.2. The van der Waals surface area contributed by atoms with Crippen molar-refractivity contribution >= 4 is 17.8 Å². The van der Waals surface area contributed by atoms with Gasteiger partial charge >= 0.3 is 12.1 Å². The average Bonchev–Trinajstić information content (AvgIpc) is 2.44. The molecule has 0 saturated heterocycles. The second-order valence-electron chi connectivity index (χ2n) is 5.73. The number of hydrogen-bond donors (Lipinski definition) is 1. The normalized spacial score (nSPS) is 12.2. The first-order chi connectivity index (χ1) is 10.2. The van der Waals surface area contributed by atoms with Crippen molar-refractivity contribution in [3.05, 3.63) is 35.9 Å². The van der Waals surface area contributed by atoms with Gasteiger partial charge in [-0.25, -0.2) is 9.59 Å². The SMILES string of the molecule is COC(=O)C(=O)C[C@@H](NC(=O)OC(C)(C)C)c1ccccc1. The summed E-state index contributed by atoms with van der Waals surface area (Å²) in [6.07, 6.45) is -0.852. The zero-order chi connectivity index (χ0) is 16.8. The van der Waals surface area contributed by atoms with Crippen molar-refractivity contribution in [1.82, 2.24) is 5.32 Å². The molecule has 6 heteroatoms. The zero-order valence-electron chi connectivity index (χ0n) is 13.2. The monoisotopic (exact) mass is 307 g/mol. The van der Waals surface area contributed by atoms with Crippen molar-refractivity contribution in [2.45, 2.75) is 38.8 Å². The summed E-state index contributed by atoms with van der Waals surface area (Å²) in [6.45, 7) is 5.22. The van der Waals surface area contributed by atoms with Gasteiger partial charge in [0.05, 0.1) is 13.2 Å². The van der Waals surface area contributed by atoms with Crippen LogP contribution >= 0.6 is 0 Å². The second-order valence-corrected chi connectivity index (χ2v) is 5.73. The lowest BCUT2D eigenvalue weighted by atomic mass is 10.0. The number of ether oxygens (including phenoxy) is 2. The predicted molar refractivity (Wildman–Crippen MR) is 80.2 cm³/mol. The Hall–Kier alpha value is -2.37. The predicted octanol–water partition coefficient (Wildman–Crippen LogP) is 2.38. The molecule has 0 bridgehead atoms. The Morgan fingerprint density at radius 3 is 2.23 bits per heavy atom. The number of nitrogens with one attached hydrogen (secondary N) is 1. The lowest BCUT2D eigenvalue weighted by Gasteiger charge is -2.23. The number of hydrogen-bond acceptors (Lipinski definition) is 5. The Kier molecular flexibility index (Phi) is 6.10. The molecular formula is C16H21NO5. The summed E-state index contributed by atoms with van der Waals surface area (Å²) in [5.74, 6) is -1.65. The van der Waals surface area contributed by atoms with Crippen LogP contribution in [0.1, 0.15) is 38.8 Å². The fraction of sp³-hybridized carbons (Fsp3) is 0.438. The van der Waals surface area contributed by atoms with Gasteiger partial charge < -0.3 is 14.8 Å².